The quantitative estimate of drug-likeness (QED) is 0.307. The summed E-state index contributed by atoms with van der Waals surface area (Å²) in [6.45, 7) is 16.6. The van der Waals surface area contributed by atoms with E-state index in [9.17, 15) is 4.79 Å². The maximum Gasteiger partial charge on any atom is 0.341 e. The molecule has 0 bridgehead atoms. The molecule has 0 unspecified atom stereocenters. The van der Waals surface area contributed by atoms with Crippen LogP contribution < -0.4 is 5.48 Å². The van der Waals surface area contributed by atoms with Crippen LogP contribution in [0.3, 0.4) is 0 Å². The third-order valence-corrected chi connectivity index (χ3v) is 9.38. The SMILES string of the molecule is C=CCONC(=O)N1CCC(COC)=C[C@H]1CO[Si](C)(C)C(C)(C)C. The average molecular weight is 371 g/mol. The molecule has 1 aliphatic rings. The Bertz CT molecular complexity index is 486. The molecule has 1 aliphatic heterocycles. The second-order valence-corrected chi connectivity index (χ2v) is 12.7. The first-order valence-corrected chi connectivity index (χ1v) is 11.6. The number of amides is 2. The van der Waals surface area contributed by atoms with Crippen LogP contribution in [0.15, 0.2) is 24.3 Å². The summed E-state index contributed by atoms with van der Waals surface area (Å²) in [5.74, 6) is 0. The maximum absolute atomic E-state index is 12.4. The molecule has 0 aromatic carbocycles. The van der Waals surface area contributed by atoms with Crippen molar-refractivity contribution in [3.05, 3.63) is 24.3 Å². The third kappa shape index (κ3) is 6.58. The minimum absolute atomic E-state index is 0.125. The minimum atomic E-state index is -1.89. The normalized spacial score (nSPS) is 18.7. The number of ether oxygens (including phenoxy) is 1. The summed E-state index contributed by atoms with van der Waals surface area (Å²) in [6.07, 6.45) is 4.47. The molecule has 6 nitrogen and oxygen atoms in total. The molecule has 0 saturated heterocycles. The van der Waals surface area contributed by atoms with Gasteiger partial charge in [0.05, 0.1) is 25.9 Å². The van der Waals surface area contributed by atoms with Gasteiger partial charge >= 0.3 is 6.03 Å². The highest BCUT2D eigenvalue weighted by atomic mass is 28.4. The van der Waals surface area contributed by atoms with E-state index in [1.54, 1.807) is 18.1 Å². The lowest BCUT2D eigenvalue weighted by molar-refractivity contribution is 0.0552. The maximum atomic E-state index is 12.4. The van der Waals surface area contributed by atoms with Crippen LogP contribution in [0.1, 0.15) is 27.2 Å². The van der Waals surface area contributed by atoms with E-state index in [0.29, 0.717) is 19.8 Å². The highest BCUT2D eigenvalue weighted by Gasteiger charge is 2.38. The Balaban J connectivity index is 2.82. The molecule has 0 spiro atoms. The Hall–Kier alpha value is -1.15. The van der Waals surface area contributed by atoms with Gasteiger partial charge in [-0.05, 0) is 30.1 Å². The number of hydroxylamine groups is 1. The summed E-state index contributed by atoms with van der Waals surface area (Å²) in [7, 11) is -0.204. The molecule has 7 heteroatoms. The molecule has 1 rings (SSSR count). The zero-order valence-corrected chi connectivity index (χ0v) is 17.6. The molecule has 0 aliphatic carbocycles. The molecule has 0 aromatic rings. The zero-order valence-electron chi connectivity index (χ0n) is 16.6. The predicted molar refractivity (Wildman–Crippen MR) is 103 cm³/mol. The fourth-order valence-electron chi connectivity index (χ4n) is 2.30. The summed E-state index contributed by atoms with van der Waals surface area (Å²) in [5, 5.41) is 0.126. The number of methoxy groups -OCH3 is 1. The van der Waals surface area contributed by atoms with E-state index in [-0.39, 0.29) is 23.7 Å². The van der Waals surface area contributed by atoms with Crippen LogP contribution in [-0.2, 0) is 14.0 Å². The Kier molecular flexibility index (Phi) is 8.33. The van der Waals surface area contributed by atoms with Crippen LogP contribution in [0.2, 0.25) is 18.1 Å². The Morgan fingerprint density at radius 1 is 1.48 bits per heavy atom. The molecule has 1 atom stereocenters. The number of nitrogens with one attached hydrogen (secondary N) is 1. The minimum Gasteiger partial charge on any atom is -0.414 e. The predicted octanol–water partition coefficient (Wildman–Crippen LogP) is 3.48. The molecule has 0 radical (unpaired) electrons. The van der Waals surface area contributed by atoms with Crippen LogP contribution in [0.4, 0.5) is 4.79 Å². The van der Waals surface area contributed by atoms with E-state index in [4.69, 9.17) is 14.0 Å². The van der Waals surface area contributed by atoms with Crippen molar-refractivity contribution in [2.24, 2.45) is 0 Å². The van der Waals surface area contributed by atoms with E-state index in [1.807, 2.05) is 0 Å². The second-order valence-electron chi connectivity index (χ2n) is 7.85. The van der Waals surface area contributed by atoms with Crippen LogP contribution in [-0.4, -0.2) is 58.8 Å². The highest BCUT2D eigenvalue weighted by Crippen LogP contribution is 2.37. The standard InChI is InChI=1S/C18H34N2O4Si/c1-8-11-23-19-17(21)20-10-9-15(13-22-5)12-16(20)14-24-25(6,7)18(2,3)4/h8,12,16H,1,9-11,13-14H2,2-7H3,(H,19,21)/t16-/m0/s1. The van der Waals surface area contributed by atoms with Crippen molar-refractivity contribution in [3.63, 3.8) is 0 Å². The second kappa shape index (κ2) is 9.52. The van der Waals surface area contributed by atoms with Gasteiger partial charge in [0.25, 0.3) is 0 Å². The Labute approximate surface area is 153 Å². The monoisotopic (exact) mass is 370 g/mol. The van der Waals surface area contributed by atoms with Crippen molar-refractivity contribution in [2.45, 2.75) is 51.4 Å². The molecule has 144 valence electrons. The first kappa shape index (κ1) is 21.9. The number of carbonyl (C=O) groups is 1. The summed E-state index contributed by atoms with van der Waals surface area (Å²) in [5.41, 5.74) is 3.67. The van der Waals surface area contributed by atoms with Crippen molar-refractivity contribution < 1.29 is 18.8 Å². The lowest BCUT2D eigenvalue weighted by Gasteiger charge is -2.40. The van der Waals surface area contributed by atoms with Crippen molar-refractivity contribution >= 4 is 14.3 Å². The molecule has 25 heavy (non-hydrogen) atoms. The van der Waals surface area contributed by atoms with Gasteiger partial charge < -0.3 is 14.1 Å². The summed E-state index contributed by atoms with van der Waals surface area (Å²) in [4.78, 5) is 19.3. The van der Waals surface area contributed by atoms with Gasteiger partial charge in [0, 0.05) is 13.7 Å². The Morgan fingerprint density at radius 3 is 2.72 bits per heavy atom. The molecule has 1 heterocycles. The first-order chi connectivity index (χ1) is 11.6. The highest BCUT2D eigenvalue weighted by molar-refractivity contribution is 6.74. The van der Waals surface area contributed by atoms with Gasteiger partial charge in [-0.2, -0.15) is 0 Å². The first-order valence-electron chi connectivity index (χ1n) is 8.74. The van der Waals surface area contributed by atoms with Gasteiger partial charge in [-0.25, -0.2) is 10.3 Å². The molecule has 0 saturated carbocycles. The van der Waals surface area contributed by atoms with Gasteiger partial charge in [0.1, 0.15) is 0 Å². The summed E-state index contributed by atoms with van der Waals surface area (Å²) < 4.78 is 11.6. The number of carbonyl (C=O) groups excluding carboxylic acids is 1. The van der Waals surface area contributed by atoms with Gasteiger partial charge in [-0.3, -0.25) is 4.84 Å². The molecule has 0 aromatic heterocycles. The number of hydrogen-bond donors (Lipinski definition) is 1. The average Bonchev–Trinajstić information content (AvgIpc) is 2.52. The lowest BCUT2D eigenvalue weighted by Crippen LogP contribution is -2.52. The molecular weight excluding hydrogens is 336 g/mol. The van der Waals surface area contributed by atoms with Gasteiger partial charge in [-0.1, -0.05) is 32.9 Å². The van der Waals surface area contributed by atoms with Crippen molar-refractivity contribution in [1.82, 2.24) is 10.4 Å². The summed E-state index contributed by atoms with van der Waals surface area (Å²) in [6, 6.07) is -0.376. The van der Waals surface area contributed by atoms with Gasteiger partial charge in [0.2, 0.25) is 0 Å². The fraction of sp³-hybridized carbons (Fsp3) is 0.722. The number of rotatable bonds is 8. The smallest absolute Gasteiger partial charge is 0.341 e. The van der Waals surface area contributed by atoms with Crippen LogP contribution >= 0.6 is 0 Å². The molecule has 1 N–H and O–H groups in total. The van der Waals surface area contributed by atoms with E-state index >= 15 is 0 Å². The number of nitrogens with zero attached hydrogens (tertiary/aromatic N) is 1. The largest absolute Gasteiger partial charge is 0.414 e. The van der Waals surface area contributed by atoms with Crippen LogP contribution in [0.5, 0.6) is 0 Å². The van der Waals surface area contributed by atoms with Crippen LogP contribution in [0.25, 0.3) is 0 Å². The van der Waals surface area contributed by atoms with E-state index in [1.165, 1.54) is 5.57 Å². The molecular formula is C18H34N2O4Si. The topological polar surface area (TPSA) is 60.0 Å². The van der Waals surface area contributed by atoms with Crippen molar-refractivity contribution in [1.29, 1.82) is 0 Å². The van der Waals surface area contributed by atoms with Gasteiger partial charge in [0.15, 0.2) is 8.32 Å². The molecule has 2 amide bonds. The lowest BCUT2D eigenvalue weighted by atomic mass is 10.0. The van der Waals surface area contributed by atoms with E-state index in [2.05, 4.69) is 52.0 Å². The van der Waals surface area contributed by atoms with Crippen molar-refractivity contribution in [3.8, 4) is 0 Å². The van der Waals surface area contributed by atoms with Crippen LogP contribution in [0, 0.1) is 0 Å². The van der Waals surface area contributed by atoms with Crippen molar-refractivity contribution in [2.75, 3.05) is 33.5 Å². The number of urea groups is 1. The fourth-order valence-corrected chi connectivity index (χ4v) is 3.32. The van der Waals surface area contributed by atoms with Gasteiger partial charge in [-0.15, -0.1) is 6.58 Å². The summed E-state index contributed by atoms with van der Waals surface area (Å²) >= 11 is 0. The number of hydrogen-bond acceptors (Lipinski definition) is 4. The van der Waals surface area contributed by atoms with E-state index < -0.39 is 8.32 Å². The van der Waals surface area contributed by atoms with E-state index in [0.717, 1.165) is 6.42 Å². The zero-order chi connectivity index (χ0) is 19.1. The Morgan fingerprint density at radius 2 is 2.16 bits per heavy atom. The molecule has 0 fully saturated rings. The third-order valence-electron chi connectivity index (χ3n) is 4.87.